The molecule has 2 aromatic heterocycles. The van der Waals surface area contributed by atoms with Crippen LogP contribution >= 0.6 is 0 Å². The predicted molar refractivity (Wildman–Crippen MR) is 84.6 cm³/mol. The lowest BCUT2D eigenvalue weighted by Crippen LogP contribution is -2.41. The molecule has 0 aliphatic carbocycles. The van der Waals surface area contributed by atoms with Gasteiger partial charge in [0.15, 0.2) is 5.65 Å². The van der Waals surface area contributed by atoms with Crippen molar-refractivity contribution >= 4 is 11.6 Å². The quantitative estimate of drug-likeness (QED) is 0.753. The largest absolute Gasteiger partial charge is 0.351 e. The summed E-state index contributed by atoms with van der Waals surface area (Å²) in [6.45, 7) is 8.14. The molecule has 1 atom stereocenters. The van der Waals surface area contributed by atoms with Crippen molar-refractivity contribution < 1.29 is 4.79 Å². The number of carbonyl (C=O) groups excluding carboxylic acids is 1. The Balaban J connectivity index is 2.18. The normalized spacial score (nSPS) is 12.8. The van der Waals surface area contributed by atoms with E-state index in [0.29, 0.717) is 24.5 Å². The average molecular weight is 305 g/mol. The number of fused-ring (bicyclic) bond motifs is 1. The molecule has 1 amide bonds. The maximum Gasteiger partial charge on any atom is 0.266 e. The molecule has 2 aromatic rings. The number of hydrogen-bond acceptors (Lipinski definition) is 4. The fraction of sp³-hybridized carbons (Fsp3) is 0.533. The average Bonchev–Trinajstić information content (AvgIpc) is 2.78. The van der Waals surface area contributed by atoms with Crippen LogP contribution in [0.5, 0.6) is 0 Å². The summed E-state index contributed by atoms with van der Waals surface area (Å²) in [7, 11) is 0. The molecular formula is C15H23N5O2. The Hall–Kier alpha value is -2.15. The number of carbonyl (C=O) groups is 1. The van der Waals surface area contributed by atoms with Crippen LogP contribution in [0.25, 0.3) is 5.65 Å². The van der Waals surface area contributed by atoms with Crippen LogP contribution in [0.1, 0.15) is 37.2 Å². The highest BCUT2D eigenvalue weighted by Gasteiger charge is 2.16. The maximum absolute atomic E-state index is 12.0. The maximum atomic E-state index is 12.0. The first-order valence-electron chi connectivity index (χ1n) is 7.40. The minimum absolute atomic E-state index is 0.173. The molecule has 7 heteroatoms. The van der Waals surface area contributed by atoms with Crippen molar-refractivity contribution in [3.63, 3.8) is 0 Å². The third-order valence-corrected chi connectivity index (χ3v) is 3.70. The fourth-order valence-corrected chi connectivity index (χ4v) is 2.53. The van der Waals surface area contributed by atoms with Gasteiger partial charge in [-0.3, -0.25) is 14.7 Å². The number of rotatable bonds is 5. The number of nitrogens with zero attached hydrogens (tertiary/aromatic N) is 2. The van der Waals surface area contributed by atoms with Crippen LogP contribution in [0.2, 0.25) is 0 Å². The second-order valence-electron chi connectivity index (χ2n) is 6.03. The molecule has 2 heterocycles. The summed E-state index contributed by atoms with van der Waals surface area (Å²) in [6, 6.07) is 0.935. The molecule has 0 saturated heterocycles. The van der Waals surface area contributed by atoms with Crippen molar-refractivity contribution in [2.75, 3.05) is 0 Å². The van der Waals surface area contributed by atoms with Crippen molar-refractivity contribution in [2.45, 2.75) is 46.7 Å². The monoisotopic (exact) mass is 305 g/mol. The third kappa shape index (κ3) is 3.36. The van der Waals surface area contributed by atoms with Gasteiger partial charge < -0.3 is 11.1 Å². The fourth-order valence-electron chi connectivity index (χ4n) is 2.53. The van der Waals surface area contributed by atoms with E-state index in [1.165, 1.54) is 6.07 Å². The van der Waals surface area contributed by atoms with Crippen molar-refractivity contribution in [3.05, 3.63) is 33.4 Å². The summed E-state index contributed by atoms with van der Waals surface area (Å²) in [5, 5.41) is 5.54. The van der Waals surface area contributed by atoms with Gasteiger partial charge in [0.1, 0.15) is 0 Å². The second kappa shape index (κ2) is 6.31. The van der Waals surface area contributed by atoms with Crippen molar-refractivity contribution in [1.82, 2.24) is 19.9 Å². The smallest absolute Gasteiger partial charge is 0.266 e. The van der Waals surface area contributed by atoms with Gasteiger partial charge in [0.2, 0.25) is 5.91 Å². The number of aryl methyl sites for hydroxylation is 2. The molecule has 120 valence electrons. The molecule has 0 spiro atoms. The molecule has 0 saturated carbocycles. The van der Waals surface area contributed by atoms with E-state index >= 15 is 0 Å². The van der Waals surface area contributed by atoms with Gasteiger partial charge in [-0.2, -0.15) is 0 Å². The lowest BCUT2D eigenvalue weighted by molar-refractivity contribution is -0.122. The van der Waals surface area contributed by atoms with Gasteiger partial charge in [-0.05, 0) is 26.2 Å². The molecule has 0 unspecified atom stereocenters. The second-order valence-corrected chi connectivity index (χ2v) is 6.03. The zero-order chi connectivity index (χ0) is 16.4. The topological polar surface area (TPSA) is 105 Å². The molecular weight excluding hydrogens is 282 g/mol. The molecule has 2 rings (SSSR count). The molecule has 0 aliphatic rings. The predicted octanol–water partition coefficient (Wildman–Crippen LogP) is 0.629. The number of H-pyrrole nitrogens is 1. The van der Waals surface area contributed by atoms with Gasteiger partial charge in [0, 0.05) is 29.6 Å². The summed E-state index contributed by atoms with van der Waals surface area (Å²) in [6.07, 6.45) is 0.645. The Morgan fingerprint density at radius 3 is 2.77 bits per heavy atom. The van der Waals surface area contributed by atoms with Crippen LogP contribution in [-0.2, 0) is 11.3 Å². The van der Waals surface area contributed by atoms with Crippen LogP contribution in [0, 0.1) is 19.8 Å². The summed E-state index contributed by atoms with van der Waals surface area (Å²) >= 11 is 0. The number of aromatic nitrogens is 3. The van der Waals surface area contributed by atoms with Gasteiger partial charge in [0.25, 0.3) is 5.56 Å². The highest BCUT2D eigenvalue weighted by atomic mass is 16.2. The SMILES string of the molecule is Cc1nc2cc(=O)[nH]n2c(C)c1CNC(=O)[C@@H](N)CC(C)C. The first kappa shape index (κ1) is 16.2. The summed E-state index contributed by atoms with van der Waals surface area (Å²) in [5.41, 5.74) is 8.76. The van der Waals surface area contributed by atoms with Gasteiger partial charge in [-0.15, -0.1) is 0 Å². The first-order chi connectivity index (χ1) is 10.3. The van der Waals surface area contributed by atoms with Crippen LogP contribution in [-0.4, -0.2) is 26.5 Å². The molecule has 0 fully saturated rings. The van der Waals surface area contributed by atoms with E-state index in [-0.39, 0.29) is 11.5 Å². The molecule has 0 bridgehead atoms. The lowest BCUT2D eigenvalue weighted by Gasteiger charge is -2.16. The Morgan fingerprint density at radius 2 is 2.14 bits per heavy atom. The van der Waals surface area contributed by atoms with Crippen LogP contribution in [0.4, 0.5) is 0 Å². The van der Waals surface area contributed by atoms with Crippen LogP contribution < -0.4 is 16.6 Å². The van der Waals surface area contributed by atoms with Gasteiger partial charge in [-0.25, -0.2) is 9.50 Å². The molecule has 0 aromatic carbocycles. The van der Waals surface area contributed by atoms with E-state index in [4.69, 9.17) is 5.73 Å². The molecule has 0 aliphatic heterocycles. The number of aromatic amines is 1. The van der Waals surface area contributed by atoms with Gasteiger partial charge in [0.05, 0.1) is 6.04 Å². The number of nitrogens with two attached hydrogens (primary N) is 1. The van der Waals surface area contributed by atoms with Crippen molar-refractivity contribution in [2.24, 2.45) is 11.7 Å². The standard InChI is InChI=1S/C15H23N5O2/c1-8(2)5-12(16)15(22)17-7-11-9(3)18-13-6-14(21)19-20(13)10(11)4/h6,8,12H,5,7,16H2,1-4H3,(H,17,22)(H,19,21)/t12-/m0/s1. The minimum Gasteiger partial charge on any atom is -0.351 e. The summed E-state index contributed by atoms with van der Waals surface area (Å²) in [5.74, 6) is 0.195. The van der Waals surface area contributed by atoms with E-state index < -0.39 is 6.04 Å². The molecule has 4 N–H and O–H groups in total. The number of nitrogens with one attached hydrogen (secondary N) is 2. The highest BCUT2D eigenvalue weighted by molar-refractivity contribution is 5.81. The zero-order valence-electron chi connectivity index (χ0n) is 13.4. The number of amides is 1. The number of hydrogen-bond donors (Lipinski definition) is 3. The summed E-state index contributed by atoms with van der Waals surface area (Å²) < 4.78 is 1.63. The van der Waals surface area contributed by atoms with E-state index in [2.05, 4.69) is 15.4 Å². The zero-order valence-corrected chi connectivity index (χ0v) is 13.4. The molecule has 7 nitrogen and oxygen atoms in total. The Labute approximate surface area is 128 Å². The Morgan fingerprint density at radius 1 is 1.45 bits per heavy atom. The Bertz CT molecular complexity index is 744. The molecule has 0 radical (unpaired) electrons. The van der Waals surface area contributed by atoms with E-state index in [1.54, 1.807) is 4.52 Å². The third-order valence-electron chi connectivity index (χ3n) is 3.70. The van der Waals surface area contributed by atoms with E-state index in [9.17, 15) is 9.59 Å². The first-order valence-corrected chi connectivity index (χ1v) is 7.40. The lowest BCUT2D eigenvalue weighted by atomic mass is 10.0. The highest BCUT2D eigenvalue weighted by Crippen LogP contribution is 2.13. The van der Waals surface area contributed by atoms with Crippen LogP contribution in [0.3, 0.4) is 0 Å². The minimum atomic E-state index is -0.510. The Kier molecular flexibility index (Phi) is 4.65. The van der Waals surface area contributed by atoms with Gasteiger partial charge in [-0.1, -0.05) is 13.8 Å². The van der Waals surface area contributed by atoms with Gasteiger partial charge >= 0.3 is 0 Å². The molecule has 22 heavy (non-hydrogen) atoms. The van der Waals surface area contributed by atoms with Crippen LogP contribution in [0.15, 0.2) is 10.9 Å². The van der Waals surface area contributed by atoms with Crippen molar-refractivity contribution in [3.8, 4) is 0 Å². The van der Waals surface area contributed by atoms with E-state index in [1.807, 2.05) is 27.7 Å². The summed E-state index contributed by atoms with van der Waals surface area (Å²) in [4.78, 5) is 27.8. The van der Waals surface area contributed by atoms with E-state index in [0.717, 1.165) is 17.0 Å². The van der Waals surface area contributed by atoms with Crippen molar-refractivity contribution in [1.29, 1.82) is 0 Å².